The van der Waals surface area contributed by atoms with Gasteiger partial charge in [-0.2, -0.15) is 0 Å². The van der Waals surface area contributed by atoms with Gasteiger partial charge in [0.15, 0.2) is 5.78 Å². The Hall–Kier alpha value is -2.69. The number of aliphatic carboxylic acids is 2. The quantitative estimate of drug-likeness (QED) is 0.855. The van der Waals surface area contributed by atoms with Crippen molar-refractivity contribution in [1.82, 2.24) is 0 Å². The van der Waals surface area contributed by atoms with Crippen molar-refractivity contribution < 1.29 is 24.6 Å². The lowest BCUT2D eigenvalue weighted by Crippen LogP contribution is -2.33. The molecule has 0 amide bonds. The second-order valence-corrected chi connectivity index (χ2v) is 5.91. The van der Waals surface area contributed by atoms with Gasteiger partial charge in [0, 0.05) is 18.4 Å². The van der Waals surface area contributed by atoms with E-state index >= 15 is 0 Å². The predicted molar refractivity (Wildman–Crippen MR) is 83.7 cm³/mol. The lowest BCUT2D eigenvalue weighted by Gasteiger charge is -2.28. The first kappa shape index (κ1) is 15.2. The lowest BCUT2D eigenvalue weighted by atomic mass is 9.72. The number of carboxylic acids is 2. The summed E-state index contributed by atoms with van der Waals surface area (Å²) in [5, 5.41) is 19.8. The lowest BCUT2D eigenvalue weighted by molar-refractivity contribution is -0.137. The van der Waals surface area contributed by atoms with Crippen LogP contribution in [0.4, 0.5) is 0 Å². The Kier molecular flexibility index (Phi) is 3.64. The highest BCUT2D eigenvalue weighted by Crippen LogP contribution is 2.47. The molecule has 1 aliphatic carbocycles. The fourth-order valence-electron chi connectivity index (χ4n) is 3.57. The Morgan fingerprint density at radius 1 is 0.913 bits per heavy atom. The molecule has 0 spiro atoms. The number of ketones is 1. The third-order valence-corrected chi connectivity index (χ3v) is 4.63. The number of hydrogen-bond acceptors (Lipinski definition) is 3. The summed E-state index contributed by atoms with van der Waals surface area (Å²) in [6, 6.07) is 11.0. The Bertz CT molecular complexity index is 798. The largest absolute Gasteiger partial charge is 0.481 e. The Morgan fingerprint density at radius 3 is 2.04 bits per heavy atom. The zero-order valence-corrected chi connectivity index (χ0v) is 12.4. The molecule has 3 rings (SSSR count). The first-order valence-corrected chi connectivity index (χ1v) is 7.46. The second kappa shape index (κ2) is 5.50. The van der Waals surface area contributed by atoms with Crippen LogP contribution >= 0.6 is 0 Å². The van der Waals surface area contributed by atoms with Crippen LogP contribution in [0.3, 0.4) is 0 Å². The van der Waals surface area contributed by atoms with Gasteiger partial charge in [-0.15, -0.1) is 0 Å². The third-order valence-electron chi connectivity index (χ3n) is 4.63. The topological polar surface area (TPSA) is 91.7 Å². The smallest absolute Gasteiger partial charge is 0.303 e. The SMILES string of the molecule is O=C(O)CCC1(CCC(=O)O)C(=O)c2cccc3cccc1c23. The molecule has 0 aliphatic heterocycles. The minimum atomic E-state index is -1.06. The normalized spacial score (nSPS) is 15.0. The number of carbonyl (C=O) groups excluding carboxylic acids is 1. The van der Waals surface area contributed by atoms with Crippen molar-refractivity contribution in [2.45, 2.75) is 31.1 Å². The van der Waals surface area contributed by atoms with Gasteiger partial charge >= 0.3 is 11.9 Å². The molecule has 5 heteroatoms. The number of benzene rings is 2. The summed E-state index contributed by atoms with van der Waals surface area (Å²) in [7, 11) is 0. The summed E-state index contributed by atoms with van der Waals surface area (Å²) in [4.78, 5) is 35.1. The molecule has 23 heavy (non-hydrogen) atoms. The maximum absolute atomic E-state index is 13.0. The van der Waals surface area contributed by atoms with E-state index in [0.29, 0.717) is 5.56 Å². The van der Waals surface area contributed by atoms with Crippen LogP contribution in [0.1, 0.15) is 41.6 Å². The van der Waals surface area contributed by atoms with Crippen LogP contribution in [0.25, 0.3) is 10.8 Å². The molecule has 2 aromatic carbocycles. The number of carboxylic acid groups (broad SMARTS) is 2. The van der Waals surface area contributed by atoms with E-state index in [9.17, 15) is 14.4 Å². The van der Waals surface area contributed by atoms with Crippen molar-refractivity contribution in [3.8, 4) is 0 Å². The van der Waals surface area contributed by atoms with Gasteiger partial charge in [-0.1, -0.05) is 36.4 Å². The molecule has 0 heterocycles. The molecule has 2 aromatic rings. The van der Waals surface area contributed by atoms with Gasteiger partial charge in [-0.05, 0) is 29.2 Å². The fraction of sp³-hybridized carbons (Fsp3) is 0.278. The van der Waals surface area contributed by atoms with Crippen LogP contribution in [0.5, 0.6) is 0 Å². The molecule has 118 valence electrons. The van der Waals surface area contributed by atoms with E-state index in [0.717, 1.165) is 16.3 Å². The molecule has 1 aliphatic rings. The monoisotopic (exact) mass is 312 g/mol. The average molecular weight is 312 g/mol. The highest BCUT2D eigenvalue weighted by Gasteiger charge is 2.47. The maximum Gasteiger partial charge on any atom is 0.303 e. The molecule has 0 atom stereocenters. The van der Waals surface area contributed by atoms with Crippen molar-refractivity contribution in [2.24, 2.45) is 0 Å². The summed E-state index contributed by atoms with van der Waals surface area (Å²) in [5.74, 6) is -2.14. The van der Waals surface area contributed by atoms with E-state index in [1.165, 1.54) is 0 Å². The van der Waals surface area contributed by atoms with Gasteiger partial charge < -0.3 is 10.2 Å². The number of carbonyl (C=O) groups is 3. The van der Waals surface area contributed by atoms with E-state index in [1.54, 1.807) is 12.1 Å². The van der Waals surface area contributed by atoms with Gasteiger partial charge in [0.05, 0.1) is 5.41 Å². The Labute approximate surface area is 132 Å². The van der Waals surface area contributed by atoms with Crippen LogP contribution in [0.15, 0.2) is 36.4 Å². The minimum Gasteiger partial charge on any atom is -0.481 e. The standard InChI is InChI=1S/C18H16O5/c19-14(20)7-9-18(10-8-15(21)22)13-6-2-4-11-3-1-5-12(16(11)13)17(18)23/h1-6H,7-10H2,(H,19,20)(H,21,22). The molecule has 0 radical (unpaired) electrons. The van der Waals surface area contributed by atoms with Crippen LogP contribution < -0.4 is 0 Å². The van der Waals surface area contributed by atoms with Gasteiger partial charge in [-0.25, -0.2) is 0 Å². The van der Waals surface area contributed by atoms with Gasteiger partial charge in [0.25, 0.3) is 0 Å². The molecule has 0 aromatic heterocycles. The fourth-order valence-corrected chi connectivity index (χ4v) is 3.57. The number of Topliss-reactive ketones (excluding diaryl/α,β-unsaturated/α-hetero) is 1. The van der Waals surface area contributed by atoms with Crippen molar-refractivity contribution >= 4 is 28.5 Å². The van der Waals surface area contributed by atoms with Crippen LogP contribution in [-0.2, 0) is 15.0 Å². The van der Waals surface area contributed by atoms with E-state index in [2.05, 4.69) is 0 Å². The first-order chi connectivity index (χ1) is 11.0. The number of hydrogen-bond donors (Lipinski definition) is 2. The van der Waals surface area contributed by atoms with E-state index in [-0.39, 0.29) is 31.5 Å². The zero-order chi connectivity index (χ0) is 16.6. The molecule has 5 nitrogen and oxygen atoms in total. The molecule has 0 bridgehead atoms. The summed E-state index contributed by atoms with van der Waals surface area (Å²) < 4.78 is 0. The van der Waals surface area contributed by atoms with Crippen LogP contribution in [0, 0.1) is 0 Å². The highest BCUT2D eigenvalue weighted by molar-refractivity contribution is 6.20. The summed E-state index contributed by atoms with van der Waals surface area (Å²) in [5.41, 5.74) is 0.270. The maximum atomic E-state index is 13.0. The predicted octanol–water partition coefficient (Wildman–Crippen LogP) is 3.00. The summed E-state index contributed by atoms with van der Waals surface area (Å²) in [6.07, 6.45) is -0.115. The molecule has 0 unspecified atom stereocenters. The molecular weight excluding hydrogens is 296 g/mol. The van der Waals surface area contributed by atoms with Crippen LogP contribution in [-0.4, -0.2) is 27.9 Å². The van der Waals surface area contributed by atoms with Crippen molar-refractivity contribution in [3.05, 3.63) is 47.5 Å². The van der Waals surface area contributed by atoms with Crippen molar-refractivity contribution in [2.75, 3.05) is 0 Å². The second-order valence-electron chi connectivity index (χ2n) is 5.91. The third kappa shape index (κ3) is 2.38. The molecular formula is C18H16O5. The molecule has 2 N–H and O–H groups in total. The van der Waals surface area contributed by atoms with Gasteiger partial charge in [-0.3, -0.25) is 14.4 Å². The Balaban J connectivity index is 2.16. The number of rotatable bonds is 6. The van der Waals surface area contributed by atoms with Gasteiger partial charge in [0.1, 0.15) is 0 Å². The highest BCUT2D eigenvalue weighted by atomic mass is 16.4. The zero-order valence-electron chi connectivity index (χ0n) is 12.4. The van der Waals surface area contributed by atoms with Gasteiger partial charge in [0.2, 0.25) is 0 Å². The molecule has 0 saturated heterocycles. The minimum absolute atomic E-state index is 0.113. The summed E-state index contributed by atoms with van der Waals surface area (Å²) in [6.45, 7) is 0. The Morgan fingerprint density at radius 2 is 1.48 bits per heavy atom. The van der Waals surface area contributed by atoms with Crippen LogP contribution in [0.2, 0.25) is 0 Å². The first-order valence-electron chi connectivity index (χ1n) is 7.46. The van der Waals surface area contributed by atoms with E-state index in [4.69, 9.17) is 10.2 Å². The van der Waals surface area contributed by atoms with Crippen molar-refractivity contribution in [1.29, 1.82) is 0 Å². The summed E-state index contributed by atoms with van der Waals surface area (Å²) >= 11 is 0. The van der Waals surface area contributed by atoms with E-state index < -0.39 is 17.4 Å². The molecule has 0 saturated carbocycles. The molecule has 0 fully saturated rings. The van der Waals surface area contributed by atoms with Crippen molar-refractivity contribution in [3.63, 3.8) is 0 Å². The average Bonchev–Trinajstić information content (AvgIpc) is 2.76. The van der Waals surface area contributed by atoms with E-state index in [1.807, 2.05) is 24.3 Å².